The molecule has 2 rings (SSSR count). The molecular weight excluding hydrogens is 314 g/mol. The van der Waals surface area contributed by atoms with E-state index in [-0.39, 0.29) is 18.4 Å². The minimum Gasteiger partial charge on any atom is -0.325 e. The summed E-state index contributed by atoms with van der Waals surface area (Å²) in [6, 6.07) is 15.2. The van der Waals surface area contributed by atoms with Crippen LogP contribution < -0.4 is 10.2 Å². The fraction of sp³-hybridized carbons (Fsp3) is 0.118. The summed E-state index contributed by atoms with van der Waals surface area (Å²) in [4.78, 5) is 25.3. The molecule has 2 amide bonds. The Bertz CT molecular complexity index is 766. The molecule has 1 N–H and O–H groups in total. The number of carbonyl (C=O) groups excluding carboxylic acids is 2. The van der Waals surface area contributed by atoms with Gasteiger partial charge in [0.05, 0.1) is 11.6 Å². The number of amides is 2. The molecule has 0 saturated carbocycles. The van der Waals surface area contributed by atoms with Gasteiger partial charge in [0.15, 0.2) is 0 Å². The minimum atomic E-state index is -0.343. The molecule has 0 aliphatic carbocycles. The molecule has 2 aromatic rings. The third kappa shape index (κ3) is 4.56. The highest BCUT2D eigenvalue weighted by atomic mass is 35.5. The maximum absolute atomic E-state index is 12.1. The van der Waals surface area contributed by atoms with E-state index in [1.807, 2.05) is 6.07 Å². The van der Waals surface area contributed by atoms with Gasteiger partial charge < -0.3 is 10.2 Å². The molecule has 0 saturated heterocycles. The lowest BCUT2D eigenvalue weighted by Crippen LogP contribution is -2.36. The van der Waals surface area contributed by atoms with Crippen LogP contribution >= 0.6 is 11.6 Å². The van der Waals surface area contributed by atoms with Crippen LogP contribution in [0.1, 0.15) is 12.5 Å². The highest BCUT2D eigenvalue weighted by Crippen LogP contribution is 2.19. The number of carbonyl (C=O) groups is 2. The van der Waals surface area contributed by atoms with Crippen molar-refractivity contribution < 1.29 is 9.59 Å². The third-order valence-corrected chi connectivity index (χ3v) is 3.33. The fourth-order valence-electron chi connectivity index (χ4n) is 2.00. The van der Waals surface area contributed by atoms with Crippen molar-refractivity contribution in [3.63, 3.8) is 0 Å². The Morgan fingerprint density at radius 3 is 2.48 bits per heavy atom. The van der Waals surface area contributed by atoms with Crippen LogP contribution in [0.2, 0.25) is 5.02 Å². The summed E-state index contributed by atoms with van der Waals surface area (Å²) in [6.45, 7) is 1.26. The Kier molecular flexibility index (Phi) is 5.34. The number of nitrogens with zero attached hydrogens (tertiary/aromatic N) is 2. The van der Waals surface area contributed by atoms with Crippen molar-refractivity contribution in [1.29, 1.82) is 5.26 Å². The summed E-state index contributed by atoms with van der Waals surface area (Å²) in [5, 5.41) is 11.9. The molecule has 116 valence electrons. The Hall–Kier alpha value is -2.84. The number of anilines is 2. The number of benzene rings is 2. The van der Waals surface area contributed by atoms with E-state index in [9.17, 15) is 9.59 Å². The molecule has 0 fully saturated rings. The molecule has 0 aliphatic rings. The molecule has 0 atom stereocenters. The Morgan fingerprint density at radius 2 is 1.91 bits per heavy atom. The lowest BCUT2D eigenvalue weighted by atomic mass is 10.2. The summed E-state index contributed by atoms with van der Waals surface area (Å²) in [6.07, 6.45) is 0. The molecule has 2 aromatic carbocycles. The van der Waals surface area contributed by atoms with Gasteiger partial charge in [0.25, 0.3) is 0 Å². The van der Waals surface area contributed by atoms with E-state index in [2.05, 4.69) is 5.32 Å². The zero-order valence-electron chi connectivity index (χ0n) is 12.4. The number of nitrogens with one attached hydrogen (secondary N) is 1. The predicted molar refractivity (Wildman–Crippen MR) is 89.3 cm³/mol. The maximum atomic E-state index is 12.1. The van der Waals surface area contributed by atoms with Crippen LogP contribution in [0.25, 0.3) is 0 Å². The topological polar surface area (TPSA) is 73.2 Å². The normalized spacial score (nSPS) is 9.78. The molecule has 23 heavy (non-hydrogen) atoms. The SMILES string of the molecule is CC(=O)N(CC(=O)Nc1ccc(C#N)cc1)c1cccc(Cl)c1. The maximum Gasteiger partial charge on any atom is 0.244 e. The number of nitriles is 1. The number of rotatable bonds is 4. The number of hydrogen-bond acceptors (Lipinski definition) is 3. The zero-order chi connectivity index (χ0) is 16.8. The third-order valence-electron chi connectivity index (χ3n) is 3.10. The lowest BCUT2D eigenvalue weighted by Gasteiger charge is -2.20. The monoisotopic (exact) mass is 327 g/mol. The van der Waals surface area contributed by atoms with E-state index >= 15 is 0 Å². The molecule has 0 heterocycles. The van der Waals surface area contributed by atoms with Crippen molar-refractivity contribution in [3.8, 4) is 6.07 Å². The van der Waals surface area contributed by atoms with Gasteiger partial charge in [0.2, 0.25) is 11.8 Å². The van der Waals surface area contributed by atoms with Crippen molar-refractivity contribution in [2.24, 2.45) is 0 Å². The molecule has 0 bridgehead atoms. The van der Waals surface area contributed by atoms with Crippen molar-refractivity contribution >= 4 is 34.8 Å². The van der Waals surface area contributed by atoms with Gasteiger partial charge in [-0.3, -0.25) is 9.59 Å². The van der Waals surface area contributed by atoms with Gasteiger partial charge in [0.1, 0.15) is 6.54 Å². The number of halogens is 1. The van der Waals surface area contributed by atoms with Crippen LogP contribution in [0, 0.1) is 11.3 Å². The molecule has 5 nitrogen and oxygen atoms in total. The molecule has 0 radical (unpaired) electrons. The summed E-state index contributed by atoms with van der Waals surface area (Å²) < 4.78 is 0. The minimum absolute atomic E-state index is 0.129. The van der Waals surface area contributed by atoms with Gasteiger partial charge in [0, 0.05) is 23.3 Å². The molecule has 6 heteroatoms. The van der Waals surface area contributed by atoms with Gasteiger partial charge in [-0.05, 0) is 42.5 Å². The molecule has 0 spiro atoms. The standard InChI is InChI=1S/C17H14ClN3O2/c1-12(22)21(16-4-2-3-14(18)9-16)11-17(23)20-15-7-5-13(10-19)6-8-15/h2-9H,11H2,1H3,(H,20,23). The van der Waals surface area contributed by atoms with Gasteiger partial charge >= 0.3 is 0 Å². The summed E-state index contributed by atoms with van der Waals surface area (Å²) in [5.41, 5.74) is 1.62. The first-order valence-corrected chi connectivity index (χ1v) is 7.21. The second-order valence-corrected chi connectivity index (χ2v) is 5.26. The second-order valence-electron chi connectivity index (χ2n) is 4.82. The Labute approximate surface area is 139 Å². The van der Waals surface area contributed by atoms with E-state index in [1.54, 1.807) is 48.5 Å². The van der Waals surface area contributed by atoms with Crippen LogP contribution in [0.3, 0.4) is 0 Å². The van der Waals surface area contributed by atoms with E-state index in [0.717, 1.165) is 0 Å². The average molecular weight is 328 g/mol. The van der Waals surface area contributed by atoms with E-state index in [1.165, 1.54) is 11.8 Å². The first kappa shape index (κ1) is 16.5. The largest absolute Gasteiger partial charge is 0.325 e. The van der Waals surface area contributed by atoms with Gasteiger partial charge in [-0.1, -0.05) is 17.7 Å². The van der Waals surface area contributed by atoms with Crippen LogP contribution in [-0.4, -0.2) is 18.4 Å². The molecule has 0 aliphatic heterocycles. The summed E-state index contributed by atoms with van der Waals surface area (Å²) in [7, 11) is 0. The highest BCUT2D eigenvalue weighted by molar-refractivity contribution is 6.31. The van der Waals surface area contributed by atoms with Crippen LogP contribution in [0.15, 0.2) is 48.5 Å². The van der Waals surface area contributed by atoms with Gasteiger partial charge in [-0.25, -0.2) is 0 Å². The molecule has 0 unspecified atom stereocenters. The van der Waals surface area contributed by atoms with E-state index < -0.39 is 0 Å². The zero-order valence-corrected chi connectivity index (χ0v) is 13.2. The van der Waals surface area contributed by atoms with Crippen molar-refractivity contribution in [1.82, 2.24) is 0 Å². The number of hydrogen-bond donors (Lipinski definition) is 1. The molecular formula is C17H14ClN3O2. The van der Waals surface area contributed by atoms with Gasteiger partial charge in [-0.2, -0.15) is 5.26 Å². The first-order valence-electron chi connectivity index (χ1n) is 6.83. The second kappa shape index (κ2) is 7.43. The van der Waals surface area contributed by atoms with Crippen molar-refractivity contribution in [2.75, 3.05) is 16.8 Å². The van der Waals surface area contributed by atoms with Crippen molar-refractivity contribution in [2.45, 2.75) is 6.92 Å². The molecule has 0 aromatic heterocycles. The predicted octanol–water partition coefficient (Wildman–Crippen LogP) is 3.20. The van der Waals surface area contributed by atoms with Crippen LogP contribution in [0.4, 0.5) is 11.4 Å². The van der Waals surface area contributed by atoms with Crippen molar-refractivity contribution in [3.05, 3.63) is 59.1 Å². The fourth-order valence-corrected chi connectivity index (χ4v) is 2.19. The highest BCUT2D eigenvalue weighted by Gasteiger charge is 2.16. The summed E-state index contributed by atoms with van der Waals surface area (Å²) in [5.74, 6) is -0.605. The van der Waals surface area contributed by atoms with E-state index in [0.29, 0.717) is 22.0 Å². The lowest BCUT2D eigenvalue weighted by molar-refractivity contribution is -0.120. The Morgan fingerprint density at radius 1 is 1.22 bits per heavy atom. The Balaban J connectivity index is 2.09. The quantitative estimate of drug-likeness (QED) is 0.937. The summed E-state index contributed by atoms with van der Waals surface area (Å²) >= 11 is 5.92. The first-order chi connectivity index (χ1) is 11.0. The average Bonchev–Trinajstić information content (AvgIpc) is 2.53. The van der Waals surface area contributed by atoms with Crippen LogP contribution in [0.5, 0.6) is 0 Å². The van der Waals surface area contributed by atoms with Gasteiger partial charge in [-0.15, -0.1) is 0 Å². The van der Waals surface area contributed by atoms with E-state index in [4.69, 9.17) is 16.9 Å². The smallest absolute Gasteiger partial charge is 0.244 e. The van der Waals surface area contributed by atoms with Crippen LogP contribution in [-0.2, 0) is 9.59 Å².